The number of hydrogen-bond acceptors (Lipinski definition) is 5. The summed E-state index contributed by atoms with van der Waals surface area (Å²) in [6.07, 6.45) is 5.35. The Morgan fingerprint density at radius 3 is 2.18 bits per heavy atom. The molecule has 0 unspecified atom stereocenters. The highest BCUT2D eigenvalue weighted by Crippen LogP contribution is 2.31. The molecule has 1 N–H and O–H groups in total. The summed E-state index contributed by atoms with van der Waals surface area (Å²) in [7, 11) is 0. The highest BCUT2D eigenvalue weighted by Gasteiger charge is 2.10. The molecule has 1 aromatic heterocycles. The van der Waals surface area contributed by atoms with Gasteiger partial charge in [-0.3, -0.25) is 0 Å². The van der Waals surface area contributed by atoms with Gasteiger partial charge >= 0.3 is 0 Å². The average molecular weight is 306 g/mol. The minimum absolute atomic E-state index is 1.17. The molecule has 0 radical (unpaired) electrons. The molecule has 0 fully saturated rings. The summed E-state index contributed by atoms with van der Waals surface area (Å²) < 4.78 is 3.37. The van der Waals surface area contributed by atoms with E-state index in [0.717, 1.165) is 0 Å². The summed E-state index contributed by atoms with van der Waals surface area (Å²) in [6.45, 7) is 0. The van der Waals surface area contributed by atoms with Crippen LogP contribution in [0.3, 0.4) is 0 Å². The Bertz CT molecular complexity index is 718. The maximum absolute atomic E-state index is 3.42. The van der Waals surface area contributed by atoms with Gasteiger partial charge in [-0.1, -0.05) is 48.5 Å². The largest absolute Gasteiger partial charge is 0.325 e. The van der Waals surface area contributed by atoms with Gasteiger partial charge in [-0.05, 0) is 46.5 Å². The van der Waals surface area contributed by atoms with E-state index >= 15 is 0 Å². The third-order valence-corrected chi connectivity index (χ3v) is 3.90. The number of nitrogens with one attached hydrogen (secondary N) is 1. The van der Waals surface area contributed by atoms with Crippen molar-refractivity contribution in [3.05, 3.63) is 84.2 Å². The predicted molar refractivity (Wildman–Crippen MR) is 89.6 cm³/mol. The van der Waals surface area contributed by atoms with Crippen LogP contribution in [-0.4, -0.2) is 15.4 Å². The summed E-state index contributed by atoms with van der Waals surface area (Å²) in [5, 5.41) is 10.1. The average Bonchev–Trinajstić information content (AvgIpc) is 2.64. The molecule has 0 spiro atoms. The SMILES string of the molecule is C1=C(c2ccccc2)NSc2ccccc21.c1cnnnc1. The van der Waals surface area contributed by atoms with E-state index in [1.165, 1.54) is 21.7 Å². The van der Waals surface area contributed by atoms with Crippen LogP contribution >= 0.6 is 11.9 Å². The smallest absolute Gasteiger partial charge is 0.0529 e. The van der Waals surface area contributed by atoms with Crippen LogP contribution < -0.4 is 4.72 Å². The Kier molecular flexibility index (Phi) is 4.79. The van der Waals surface area contributed by atoms with E-state index in [1.807, 2.05) is 6.07 Å². The number of aromatic nitrogens is 3. The molecule has 108 valence electrons. The number of benzene rings is 2. The molecule has 1 aliphatic heterocycles. The fourth-order valence-corrected chi connectivity index (χ4v) is 2.74. The van der Waals surface area contributed by atoms with E-state index in [0.29, 0.717) is 0 Å². The van der Waals surface area contributed by atoms with Gasteiger partial charge in [-0.25, -0.2) is 0 Å². The molecule has 4 nitrogen and oxygen atoms in total. The molecule has 0 aliphatic carbocycles. The molecule has 22 heavy (non-hydrogen) atoms. The Balaban J connectivity index is 0.000000202. The second-order valence-electron chi connectivity index (χ2n) is 4.48. The Labute approximate surface area is 133 Å². The van der Waals surface area contributed by atoms with E-state index in [4.69, 9.17) is 0 Å². The van der Waals surface area contributed by atoms with Crippen LogP contribution in [0, 0.1) is 0 Å². The lowest BCUT2D eigenvalue weighted by Crippen LogP contribution is -2.06. The van der Waals surface area contributed by atoms with Crippen molar-refractivity contribution in [2.75, 3.05) is 0 Å². The van der Waals surface area contributed by atoms with Crippen molar-refractivity contribution in [3.63, 3.8) is 0 Å². The highest BCUT2D eigenvalue weighted by molar-refractivity contribution is 7.97. The number of hydrogen-bond donors (Lipinski definition) is 1. The van der Waals surface area contributed by atoms with Gasteiger partial charge in [0, 0.05) is 4.90 Å². The summed E-state index contributed by atoms with van der Waals surface area (Å²) in [6, 6.07) is 20.5. The molecule has 2 heterocycles. The topological polar surface area (TPSA) is 50.7 Å². The van der Waals surface area contributed by atoms with Crippen LogP contribution in [0.25, 0.3) is 11.8 Å². The van der Waals surface area contributed by atoms with Crippen molar-refractivity contribution in [2.45, 2.75) is 4.90 Å². The van der Waals surface area contributed by atoms with Crippen LogP contribution in [-0.2, 0) is 0 Å². The molecule has 0 saturated carbocycles. The zero-order chi connectivity index (χ0) is 15.0. The standard InChI is InChI=1S/C14H11NS.C3H3N3/c1-2-6-11(7-3-1)13-10-12-8-4-5-9-14(12)16-15-13;1-2-4-6-5-3-1/h1-10,15H;1-3H. The van der Waals surface area contributed by atoms with Gasteiger partial charge < -0.3 is 4.72 Å². The molecule has 0 amide bonds. The normalized spacial score (nSPS) is 12.1. The van der Waals surface area contributed by atoms with Gasteiger partial charge in [0.1, 0.15) is 0 Å². The lowest BCUT2D eigenvalue weighted by atomic mass is 10.1. The molecule has 0 saturated heterocycles. The van der Waals surface area contributed by atoms with Gasteiger partial charge in [-0.2, -0.15) is 0 Å². The van der Waals surface area contributed by atoms with Gasteiger partial charge in [0.05, 0.1) is 18.1 Å². The van der Waals surface area contributed by atoms with E-state index in [9.17, 15) is 0 Å². The predicted octanol–water partition coefficient (Wildman–Crippen LogP) is 3.67. The number of rotatable bonds is 1. The lowest BCUT2D eigenvalue weighted by Gasteiger charge is -2.17. The summed E-state index contributed by atoms with van der Waals surface area (Å²) >= 11 is 1.67. The van der Waals surface area contributed by atoms with Crippen LogP contribution in [0.2, 0.25) is 0 Å². The van der Waals surface area contributed by atoms with Gasteiger partial charge in [-0.15, -0.1) is 10.2 Å². The van der Waals surface area contributed by atoms with Crippen molar-refractivity contribution in [1.29, 1.82) is 0 Å². The molecule has 2 aromatic carbocycles. The summed E-state index contributed by atoms with van der Waals surface area (Å²) in [5.74, 6) is 0. The molecule has 1 aliphatic rings. The van der Waals surface area contributed by atoms with Crippen LogP contribution in [0.15, 0.2) is 78.0 Å². The van der Waals surface area contributed by atoms with Gasteiger partial charge in [0.2, 0.25) is 0 Å². The van der Waals surface area contributed by atoms with Crippen molar-refractivity contribution in [1.82, 2.24) is 20.1 Å². The van der Waals surface area contributed by atoms with E-state index in [2.05, 4.69) is 74.7 Å². The van der Waals surface area contributed by atoms with Gasteiger partial charge in [0.15, 0.2) is 0 Å². The number of fused-ring (bicyclic) bond motifs is 1. The first-order chi connectivity index (χ1) is 10.9. The van der Waals surface area contributed by atoms with E-state index < -0.39 is 0 Å². The first-order valence-electron chi connectivity index (χ1n) is 6.81. The van der Waals surface area contributed by atoms with Crippen molar-refractivity contribution in [3.8, 4) is 0 Å². The fraction of sp³-hybridized carbons (Fsp3) is 0. The van der Waals surface area contributed by atoms with E-state index in [-0.39, 0.29) is 0 Å². The Morgan fingerprint density at radius 2 is 1.50 bits per heavy atom. The highest BCUT2D eigenvalue weighted by atomic mass is 32.2. The Hall–Kier alpha value is -2.66. The second kappa shape index (κ2) is 7.38. The third kappa shape index (κ3) is 3.71. The van der Waals surface area contributed by atoms with Crippen molar-refractivity contribution in [2.24, 2.45) is 0 Å². The minimum Gasteiger partial charge on any atom is -0.325 e. The second-order valence-corrected chi connectivity index (χ2v) is 5.33. The maximum Gasteiger partial charge on any atom is 0.0529 e. The Morgan fingerprint density at radius 1 is 0.773 bits per heavy atom. The molecule has 0 atom stereocenters. The molecular formula is C17H14N4S. The first-order valence-corrected chi connectivity index (χ1v) is 7.62. The van der Waals surface area contributed by atoms with Crippen LogP contribution in [0.4, 0.5) is 0 Å². The molecule has 0 bridgehead atoms. The molecule has 4 rings (SSSR count). The first kappa shape index (κ1) is 14.3. The summed E-state index contributed by atoms with van der Waals surface area (Å²) in [5.41, 5.74) is 3.68. The zero-order valence-electron chi connectivity index (χ0n) is 11.8. The molecule has 3 aromatic rings. The van der Waals surface area contributed by atoms with Crippen molar-refractivity contribution < 1.29 is 0 Å². The van der Waals surface area contributed by atoms with E-state index in [1.54, 1.807) is 30.4 Å². The minimum atomic E-state index is 1.17. The maximum atomic E-state index is 3.42. The fourth-order valence-electron chi connectivity index (χ4n) is 1.95. The lowest BCUT2D eigenvalue weighted by molar-refractivity contribution is 0.865. The monoisotopic (exact) mass is 306 g/mol. The van der Waals surface area contributed by atoms with Crippen LogP contribution in [0.1, 0.15) is 11.1 Å². The zero-order valence-corrected chi connectivity index (χ0v) is 12.6. The molecular weight excluding hydrogens is 292 g/mol. The number of nitrogens with zero attached hydrogens (tertiary/aromatic N) is 3. The third-order valence-electron chi connectivity index (χ3n) is 2.98. The quantitative estimate of drug-likeness (QED) is 0.695. The molecule has 5 heteroatoms. The van der Waals surface area contributed by atoms with Gasteiger partial charge in [0.25, 0.3) is 0 Å². The summed E-state index contributed by atoms with van der Waals surface area (Å²) in [4.78, 5) is 1.28. The van der Waals surface area contributed by atoms with Crippen LogP contribution in [0.5, 0.6) is 0 Å². The van der Waals surface area contributed by atoms with Crippen molar-refractivity contribution >= 4 is 23.7 Å².